The first-order valence-electron chi connectivity index (χ1n) is 10.1. The number of piperidine rings is 1. The molecule has 0 bridgehead atoms. The van der Waals surface area contributed by atoms with Gasteiger partial charge in [0.1, 0.15) is 17.5 Å². The van der Waals surface area contributed by atoms with E-state index in [0.717, 1.165) is 54.0 Å². The van der Waals surface area contributed by atoms with Crippen LogP contribution in [0.3, 0.4) is 0 Å². The molecular weight excluding hydrogens is 423 g/mol. The molecule has 1 aromatic carbocycles. The smallest absolute Gasteiger partial charge is 0.328 e. The molecule has 1 fully saturated rings. The van der Waals surface area contributed by atoms with Gasteiger partial charge in [0.2, 0.25) is 0 Å². The van der Waals surface area contributed by atoms with Gasteiger partial charge in [-0.1, -0.05) is 29.3 Å². The summed E-state index contributed by atoms with van der Waals surface area (Å²) in [5.74, 6) is 0.671. The van der Waals surface area contributed by atoms with Crippen molar-refractivity contribution in [2.45, 2.75) is 38.8 Å². The Labute approximate surface area is 185 Å². The lowest BCUT2D eigenvalue weighted by atomic mass is 10.0. The van der Waals surface area contributed by atoms with Gasteiger partial charge < -0.3 is 15.4 Å². The summed E-state index contributed by atoms with van der Waals surface area (Å²) in [4.78, 5) is 19.2. The summed E-state index contributed by atoms with van der Waals surface area (Å²) in [5.41, 5.74) is 9.49. The second kappa shape index (κ2) is 8.84. The molecular formula is C22H24Cl2N4O2. The molecule has 0 aliphatic carbocycles. The van der Waals surface area contributed by atoms with Crippen molar-refractivity contribution in [1.82, 2.24) is 9.38 Å². The minimum absolute atomic E-state index is 0.188. The fourth-order valence-electron chi connectivity index (χ4n) is 4.07. The predicted octanol–water partition coefficient (Wildman–Crippen LogP) is 4.69. The molecule has 2 N–H and O–H groups in total. The van der Waals surface area contributed by atoms with Gasteiger partial charge in [0.25, 0.3) is 0 Å². The summed E-state index contributed by atoms with van der Waals surface area (Å²) < 4.78 is 7.32. The van der Waals surface area contributed by atoms with E-state index in [2.05, 4.69) is 9.88 Å². The van der Waals surface area contributed by atoms with Crippen LogP contribution in [-0.2, 0) is 16.1 Å². The lowest BCUT2D eigenvalue weighted by Gasteiger charge is -2.35. The van der Waals surface area contributed by atoms with Crippen molar-refractivity contribution >= 4 is 40.6 Å². The summed E-state index contributed by atoms with van der Waals surface area (Å²) >= 11 is 12.6. The van der Waals surface area contributed by atoms with E-state index in [1.807, 2.05) is 35.7 Å². The number of aromatic nitrogens is 2. The Morgan fingerprint density at radius 1 is 1.27 bits per heavy atom. The second-order valence-corrected chi connectivity index (χ2v) is 8.19. The molecule has 0 saturated carbocycles. The third kappa shape index (κ3) is 3.87. The number of benzene rings is 1. The standard InChI is InChI=1S/C22H24Cl2N4O2/c1-2-30-22(29)19-5-3-4-8-27(19)21-12-26-20-9-14(11-25)17(13-28(20)21)16-7-6-15(23)10-18(16)24/h6-7,9-10,12-13,19H,2-5,8,11,25H2,1H3. The monoisotopic (exact) mass is 446 g/mol. The van der Waals surface area contributed by atoms with Crippen LogP contribution in [0, 0.1) is 0 Å². The fourth-order valence-corrected chi connectivity index (χ4v) is 4.58. The molecule has 1 aliphatic rings. The van der Waals surface area contributed by atoms with Crippen LogP contribution in [-0.4, -0.2) is 34.5 Å². The third-order valence-corrected chi connectivity index (χ3v) is 6.06. The van der Waals surface area contributed by atoms with E-state index < -0.39 is 0 Å². The Balaban J connectivity index is 1.83. The van der Waals surface area contributed by atoms with Crippen LogP contribution >= 0.6 is 23.2 Å². The number of hydrogen-bond donors (Lipinski definition) is 1. The normalized spacial score (nSPS) is 16.8. The van der Waals surface area contributed by atoms with Crippen molar-refractivity contribution in [3.63, 3.8) is 0 Å². The zero-order valence-electron chi connectivity index (χ0n) is 16.8. The molecule has 3 aromatic rings. The van der Waals surface area contributed by atoms with Gasteiger partial charge in [-0.2, -0.15) is 0 Å². The lowest BCUT2D eigenvalue weighted by molar-refractivity contribution is -0.145. The van der Waals surface area contributed by atoms with Crippen LogP contribution in [0.2, 0.25) is 10.0 Å². The Morgan fingerprint density at radius 2 is 2.10 bits per heavy atom. The van der Waals surface area contributed by atoms with Crippen molar-refractivity contribution in [3.8, 4) is 11.1 Å². The third-order valence-electron chi connectivity index (χ3n) is 5.51. The Bertz CT molecular complexity index is 1080. The average Bonchev–Trinajstić information content (AvgIpc) is 3.15. The molecule has 158 valence electrons. The van der Waals surface area contributed by atoms with Crippen LogP contribution in [0.1, 0.15) is 31.7 Å². The first-order valence-corrected chi connectivity index (χ1v) is 10.9. The van der Waals surface area contributed by atoms with Crippen molar-refractivity contribution in [2.75, 3.05) is 18.1 Å². The fraction of sp³-hybridized carbons (Fsp3) is 0.364. The van der Waals surface area contributed by atoms with Crippen molar-refractivity contribution in [2.24, 2.45) is 5.73 Å². The number of nitrogens with zero attached hydrogens (tertiary/aromatic N) is 3. The van der Waals surface area contributed by atoms with Gasteiger partial charge >= 0.3 is 5.97 Å². The molecule has 8 heteroatoms. The molecule has 1 unspecified atom stereocenters. The molecule has 0 amide bonds. The largest absolute Gasteiger partial charge is 0.464 e. The van der Waals surface area contributed by atoms with E-state index in [4.69, 9.17) is 33.7 Å². The number of halogens is 2. The maximum atomic E-state index is 12.6. The molecule has 2 aromatic heterocycles. The van der Waals surface area contributed by atoms with Gasteiger partial charge in [-0.05, 0) is 49.9 Å². The molecule has 3 heterocycles. The van der Waals surface area contributed by atoms with Crippen molar-refractivity contribution in [3.05, 3.63) is 52.3 Å². The number of carbonyl (C=O) groups is 1. The zero-order chi connectivity index (χ0) is 21.3. The van der Waals surface area contributed by atoms with Crippen LogP contribution in [0.15, 0.2) is 36.7 Å². The van der Waals surface area contributed by atoms with E-state index in [0.29, 0.717) is 23.2 Å². The van der Waals surface area contributed by atoms with Gasteiger partial charge in [0, 0.05) is 40.5 Å². The number of ether oxygens (including phenoxy) is 1. The summed E-state index contributed by atoms with van der Waals surface area (Å²) in [5, 5.41) is 1.13. The number of carbonyl (C=O) groups excluding carboxylic acids is 1. The van der Waals surface area contributed by atoms with Crippen LogP contribution in [0.4, 0.5) is 5.82 Å². The number of esters is 1. The highest BCUT2D eigenvalue weighted by atomic mass is 35.5. The topological polar surface area (TPSA) is 72.9 Å². The van der Waals surface area contributed by atoms with Gasteiger partial charge in [0.15, 0.2) is 0 Å². The number of rotatable bonds is 5. The SMILES string of the molecule is CCOC(=O)C1CCCCN1c1cnc2cc(CN)c(-c3ccc(Cl)cc3Cl)cn12. The number of hydrogen-bond acceptors (Lipinski definition) is 5. The molecule has 4 rings (SSSR count). The van der Waals surface area contributed by atoms with E-state index in [9.17, 15) is 4.79 Å². The second-order valence-electron chi connectivity index (χ2n) is 7.34. The average molecular weight is 447 g/mol. The lowest BCUT2D eigenvalue weighted by Crippen LogP contribution is -2.46. The number of imidazole rings is 1. The van der Waals surface area contributed by atoms with Gasteiger partial charge in [-0.15, -0.1) is 0 Å². The Morgan fingerprint density at radius 3 is 2.83 bits per heavy atom. The summed E-state index contributed by atoms with van der Waals surface area (Å²) in [6.45, 7) is 3.32. The predicted molar refractivity (Wildman–Crippen MR) is 120 cm³/mol. The molecule has 1 aliphatic heterocycles. The van der Waals surface area contributed by atoms with Crippen molar-refractivity contribution < 1.29 is 9.53 Å². The Kier molecular flexibility index (Phi) is 6.18. The maximum absolute atomic E-state index is 12.6. The Hall–Kier alpha value is -2.28. The highest BCUT2D eigenvalue weighted by Gasteiger charge is 2.32. The first kappa shape index (κ1) is 21.0. The maximum Gasteiger partial charge on any atom is 0.328 e. The summed E-state index contributed by atoms with van der Waals surface area (Å²) in [6, 6.07) is 7.08. The molecule has 0 spiro atoms. The van der Waals surface area contributed by atoms with E-state index in [1.54, 1.807) is 12.3 Å². The number of fused-ring (bicyclic) bond motifs is 1. The van der Waals surface area contributed by atoms with Gasteiger partial charge in [-0.25, -0.2) is 9.78 Å². The van der Waals surface area contributed by atoms with E-state index >= 15 is 0 Å². The number of pyridine rings is 1. The van der Waals surface area contributed by atoms with Crippen LogP contribution < -0.4 is 10.6 Å². The van der Waals surface area contributed by atoms with E-state index in [-0.39, 0.29) is 12.0 Å². The molecule has 30 heavy (non-hydrogen) atoms. The number of anilines is 1. The molecule has 0 radical (unpaired) electrons. The number of nitrogens with two attached hydrogens (primary N) is 1. The van der Waals surface area contributed by atoms with Gasteiger partial charge in [0.05, 0.1) is 12.8 Å². The molecule has 6 nitrogen and oxygen atoms in total. The molecule has 1 atom stereocenters. The zero-order valence-corrected chi connectivity index (χ0v) is 18.3. The van der Waals surface area contributed by atoms with Crippen molar-refractivity contribution in [1.29, 1.82) is 0 Å². The van der Waals surface area contributed by atoms with Gasteiger partial charge in [-0.3, -0.25) is 4.40 Å². The molecule has 1 saturated heterocycles. The quantitative estimate of drug-likeness (QED) is 0.575. The minimum Gasteiger partial charge on any atom is -0.464 e. The summed E-state index contributed by atoms with van der Waals surface area (Å²) in [6.07, 6.45) is 6.58. The highest BCUT2D eigenvalue weighted by molar-refractivity contribution is 6.36. The van der Waals surface area contributed by atoms with Crippen LogP contribution in [0.25, 0.3) is 16.8 Å². The van der Waals surface area contributed by atoms with Crippen LogP contribution in [0.5, 0.6) is 0 Å². The first-order chi connectivity index (χ1) is 14.5. The minimum atomic E-state index is -0.310. The summed E-state index contributed by atoms with van der Waals surface area (Å²) in [7, 11) is 0. The van der Waals surface area contributed by atoms with E-state index in [1.165, 1.54) is 0 Å². The highest BCUT2D eigenvalue weighted by Crippen LogP contribution is 2.35.